The maximum absolute atomic E-state index is 13.9. The number of halogens is 3. The van der Waals surface area contributed by atoms with Gasteiger partial charge in [-0.3, -0.25) is 9.89 Å². The highest BCUT2D eigenvalue weighted by Gasteiger charge is 2.31. The number of nitrogens with zero attached hydrogens (tertiary/aromatic N) is 2. The number of nitrogens with one attached hydrogen (secondary N) is 2. The van der Waals surface area contributed by atoms with Crippen LogP contribution in [-0.4, -0.2) is 73.2 Å². The van der Waals surface area contributed by atoms with Crippen molar-refractivity contribution in [2.75, 3.05) is 46.0 Å². The van der Waals surface area contributed by atoms with Gasteiger partial charge in [0.1, 0.15) is 12.4 Å². The molecule has 1 aromatic heterocycles. The first-order valence-electron chi connectivity index (χ1n) is 14.1. The molecule has 0 atom stereocenters. The number of fused-ring (bicyclic) bond motifs is 1. The summed E-state index contributed by atoms with van der Waals surface area (Å²) in [6.45, 7) is 3.80. The minimum Gasteiger partial charge on any atom is -0.492 e. The first kappa shape index (κ1) is 30.1. The van der Waals surface area contributed by atoms with Crippen LogP contribution in [0.3, 0.4) is 0 Å². The molecule has 2 heterocycles. The van der Waals surface area contributed by atoms with Gasteiger partial charge < -0.3 is 19.7 Å². The third kappa shape index (κ3) is 8.33. The van der Waals surface area contributed by atoms with Crippen LogP contribution in [-0.2, 0) is 9.53 Å². The van der Waals surface area contributed by atoms with Crippen LogP contribution in [0.25, 0.3) is 22.0 Å². The number of ether oxygens (including phenoxy) is 2. The number of rotatable bonds is 11. The zero-order valence-corrected chi connectivity index (χ0v) is 23.6. The van der Waals surface area contributed by atoms with Crippen LogP contribution in [0.2, 0.25) is 0 Å². The Morgan fingerprint density at radius 3 is 2.49 bits per heavy atom. The standard InChI is InChI=1S/C33H33F3N4O3/c34-33(35,36)22-29(24-5-2-1-3-6-24)32(26-10-13-30-27(21-26)23-38-39-30)25-8-11-28(12-9-25)43-18-15-37-14-4-7-31(41)40-16-19-42-20-17-40/h1-13,21,23,37H,14-20,22H2,(H,38,39)/b7-4?,32-29+. The lowest BCUT2D eigenvalue weighted by Crippen LogP contribution is -2.39. The van der Waals surface area contributed by atoms with Crippen molar-refractivity contribution in [3.63, 3.8) is 0 Å². The maximum Gasteiger partial charge on any atom is 0.393 e. The normalized spacial score (nSPS) is 14.7. The van der Waals surface area contributed by atoms with Crippen LogP contribution in [0.4, 0.5) is 13.2 Å². The monoisotopic (exact) mass is 590 g/mol. The SMILES string of the molecule is O=C(C=CCNCCOc1ccc(/C(=C(/CC(F)(F)F)c2ccccc2)c2ccc3[nH]ncc3c2)cc1)N1CCOCC1. The molecule has 0 saturated carbocycles. The van der Waals surface area contributed by atoms with Crippen molar-refractivity contribution in [1.82, 2.24) is 20.4 Å². The molecule has 0 aliphatic carbocycles. The van der Waals surface area contributed by atoms with Gasteiger partial charge in [-0.1, -0.05) is 54.6 Å². The number of hydrogen-bond donors (Lipinski definition) is 2. The highest BCUT2D eigenvalue weighted by Crippen LogP contribution is 2.40. The summed E-state index contributed by atoms with van der Waals surface area (Å²) in [5, 5.41) is 11.0. The predicted molar refractivity (Wildman–Crippen MR) is 160 cm³/mol. The fraction of sp³-hybridized carbons (Fsp3) is 0.273. The van der Waals surface area contributed by atoms with E-state index >= 15 is 0 Å². The Balaban J connectivity index is 1.29. The van der Waals surface area contributed by atoms with Crippen LogP contribution in [0.1, 0.15) is 23.1 Å². The van der Waals surface area contributed by atoms with Crippen LogP contribution >= 0.6 is 0 Å². The Hall–Kier alpha value is -4.41. The first-order chi connectivity index (χ1) is 20.9. The number of carbonyl (C=O) groups is 1. The number of hydrogen-bond acceptors (Lipinski definition) is 5. The fourth-order valence-corrected chi connectivity index (χ4v) is 4.98. The molecule has 1 saturated heterocycles. The minimum atomic E-state index is -4.41. The molecule has 43 heavy (non-hydrogen) atoms. The van der Waals surface area contributed by atoms with Crippen molar-refractivity contribution in [2.24, 2.45) is 0 Å². The van der Waals surface area contributed by atoms with Crippen molar-refractivity contribution in [2.45, 2.75) is 12.6 Å². The highest BCUT2D eigenvalue weighted by molar-refractivity contribution is 6.00. The van der Waals surface area contributed by atoms with Gasteiger partial charge in [0.25, 0.3) is 0 Å². The Morgan fingerprint density at radius 1 is 1.00 bits per heavy atom. The summed E-state index contributed by atoms with van der Waals surface area (Å²) in [7, 11) is 0. The number of aromatic nitrogens is 2. The van der Waals surface area contributed by atoms with Gasteiger partial charge in [0, 0.05) is 37.6 Å². The number of allylic oxidation sites excluding steroid dienone is 1. The molecular weight excluding hydrogens is 557 g/mol. The average Bonchev–Trinajstić information content (AvgIpc) is 3.49. The van der Waals surface area contributed by atoms with E-state index in [1.807, 2.05) is 18.2 Å². The quantitative estimate of drug-likeness (QED) is 0.130. The minimum absolute atomic E-state index is 0.0230. The molecule has 1 aliphatic heterocycles. The van der Waals surface area contributed by atoms with Gasteiger partial charge in [-0.2, -0.15) is 18.3 Å². The lowest BCUT2D eigenvalue weighted by Gasteiger charge is -2.25. The van der Waals surface area contributed by atoms with E-state index in [9.17, 15) is 18.0 Å². The molecule has 0 radical (unpaired) electrons. The van der Waals surface area contributed by atoms with E-state index in [0.29, 0.717) is 74.0 Å². The molecule has 1 amide bonds. The summed E-state index contributed by atoms with van der Waals surface area (Å²) in [5.74, 6) is 0.579. The zero-order chi connectivity index (χ0) is 30.1. The fourth-order valence-electron chi connectivity index (χ4n) is 4.98. The van der Waals surface area contributed by atoms with E-state index in [0.717, 1.165) is 10.9 Å². The van der Waals surface area contributed by atoms with Gasteiger partial charge in [-0.15, -0.1) is 0 Å². The summed E-state index contributed by atoms with van der Waals surface area (Å²) in [5.41, 5.74) is 3.31. The van der Waals surface area contributed by atoms with E-state index in [2.05, 4.69) is 15.5 Å². The van der Waals surface area contributed by atoms with Gasteiger partial charge in [0.2, 0.25) is 5.91 Å². The number of carbonyl (C=O) groups excluding carboxylic acids is 1. The number of benzene rings is 3. The Morgan fingerprint density at radius 2 is 1.74 bits per heavy atom. The van der Waals surface area contributed by atoms with E-state index in [4.69, 9.17) is 9.47 Å². The molecule has 10 heteroatoms. The molecule has 224 valence electrons. The molecule has 4 aromatic rings. The van der Waals surface area contributed by atoms with Crippen molar-refractivity contribution in [1.29, 1.82) is 0 Å². The summed E-state index contributed by atoms with van der Waals surface area (Å²) in [6.07, 6.45) is -0.475. The summed E-state index contributed by atoms with van der Waals surface area (Å²) in [4.78, 5) is 13.9. The lowest BCUT2D eigenvalue weighted by atomic mass is 9.87. The smallest absolute Gasteiger partial charge is 0.393 e. The average molecular weight is 591 g/mol. The van der Waals surface area contributed by atoms with Crippen molar-refractivity contribution in [3.05, 3.63) is 108 Å². The topological polar surface area (TPSA) is 79.5 Å². The summed E-state index contributed by atoms with van der Waals surface area (Å²) in [6, 6.07) is 21.3. The zero-order valence-electron chi connectivity index (χ0n) is 23.6. The van der Waals surface area contributed by atoms with Crippen molar-refractivity contribution >= 4 is 28.0 Å². The molecule has 0 bridgehead atoms. The van der Waals surface area contributed by atoms with Crippen LogP contribution in [0, 0.1) is 0 Å². The number of amides is 1. The Bertz CT molecular complexity index is 1560. The Kier molecular flexibility index (Phi) is 9.91. The summed E-state index contributed by atoms with van der Waals surface area (Å²) < 4.78 is 52.9. The van der Waals surface area contributed by atoms with Gasteiger partial charge in [-0.05, 0) is 52.1 Å². The van der Waals surface area contributed by atoms with E-state index in [1.165, 1.54) is 0 Å². The second kappa shape index (κ2) is 14.2. The number of alkyl halides is 3. The summed E-state index contributed by atoms with van der Waals surface area (Å²) >= 11 is 0. The van der Waals surface area contributed by atoms with Gasteiger partial charge in [-0.25, -0.2) is 0 Å². The van der Waals surface area contributed by atoms with E-state index in [-0.39, 0.29) is 11.5 Å². The second-order valence-electron chi connectivity index (χ2n) is 10.1. The van der Waals surface area contributed by atoms with Crippen molar-refractivity contribution in [3.8, 4) is 5.75 Å². The van der Waals surface area contributed by atoms with Crippen molar-refractivity contribution < 1.29 is 27.4 Å². The number of aromatic amines is 1. The molecule has 0 spiro atoms. The largest absolute Gasteiger partial charge is 0.492 e. The Labute approximate surface area is 248 Å². The molecule has 3 aromatic carbocycles. The third-order valence-electron chi connectivity index (χ3n) is 7.07. The number of H-pyrrole nitrogens is 1. The molecule has 1 fully saturated rings. The first-order valence-corrected chi connectivity index (χ1v) is 14.1. The van der Waals surface area contributed by atoms with E-state index < -0.39 is 12.6 Å². The molecule has 1 aliphatic rings. The van der Waals surface area contributed by atoms with Gasteiger partial charge >= 0.3 is 6.18 Å². The molecule has 0 unspecified atom stereocenters. The van der Waals surface area contributed by atoms with Gasteiger partial charge in [0.15, 0.2) is 0 Å². The molecule has 5 rings (SSSR count). The molecule has 7 nitrogen and oxygen atoms in total. The molecule has 2 N–H and O–H groups in total. The predicted octanol–water partition coefficient (Wildman–Crippen LogP) is 5.86. The highest BCUT2D eigenvalue weighted by atomic mass is 19.4. The van der Waals surface area contributed by atoms with Crippen LogP contribution < -0.4 is 10.1 Å². The maximum atomic E-state index is 13.9. The van der Waals surface area contributed by atoms with Gasteiger partial charge in [0.05, 0.1) is 31.3 Å². The molecular formula is C33H33F3N4O3. The third-order valence-corrected chi connectivity index (χ3v) is 7.07. The number of morpholine rings is 1. The van der Waals surface area contributed by atoms with Crippen LogP contribution in [0.5, 0.6) is 5.75 Å². The lowest BCUT2D eigenvalue weighted by molar-refractivity contribution is -0.130. The van der Waals surface area contributed by atoms with Crippen LogP contribution in [0.15, 0.2) is 91.1 Å². The van der Waals surface area contributed by atoms with E-state index in [1.54, 1.807) is 77.8 Å². The second-order valence-corrected chi connectivity index (χ2v) is 10.1.